The van der Waals surface area contributed by atoms with Gasteiger partial charge in [-0.3, -0.25) is 4.68 Å². The third-order valence-corrected chi connectivity index (χ3v) is 3.15. The Balaban J connectivity index is 1.65. The van der Waals surface area contributed by atoms with Crippen molar-refractivity contribution >= 4 is 12.0 Å². The van der Waals surface area contributed by atoms with Gasteiger partial charge in [0.25, 0.3) is 0 Å². The molecule has 0 atom stereocenters. The highest BCUT2D eigenvalue weighted by atomic mass is 16.5. The van der Waals surface area contributed by atoms with E-state index in [9.17, 15) is 9.59 Å². The van der Waals surface area contributed by atoms with Crippen molar-refractivity contribution in [2.45, 2.75) is 18.9 Å². The molecule has 0 unspecified atom stereocenters. The molecule has 1 saturated heterocycles. The van der Waals surface area contributed by atoms with Gasteiger partial charge in [-0.1, -0.05) is 0 Å². The number of carbonyl (C=O) groups is 2. The lowest BCUT2D eigenvalue weighted by molar-refractivity contribution is -0.159. The molecular formula is C12H19N5O4. The number of amides is 2. The Kier molecular flexibility index (Phi) is 4.41. The van der Waals surface area contributed by atoms with E-state index < -0.39 is 11.6 Å². The molecule has 2 amide bonds. The number of carbonyl (C=O) groups excluding carboxylic acids is 1. The lowest BCUT2D eigenvalue weighted by atomic mass is 9.97. The van der Waals surface area contributed by atoms with E-state index >= 15 is 0 Å². The molecule has 0 aromatic carbocycles. The van der Waals surface area contributed by atoms with Crippen LogP contribution < -0.4 is 5.32 Å². The maximum Gasteiger partial charge on any atom is 0.329 e. The Morgan fingerprint density at radius 1 is 1.52 bits per heavy atom. The molecule has 1 aromatic rings. The van der Waals surface area contributed by atoms with Crippen LogP contribution in [-0.2, 0) is 23.0 Å². The zero-order chi connectivity index (χ0) is 15.5. The largest absolute Gasteiger partial charge is 0.480 e. The van der Waals surface area contributed by atoms with Crippen molar-refractivity contribution in [1.29, 1.82) is 0 Å². The number of hydrogen-bond acceptors (Lipinski definition) is 5. The van der Waals surface area contributed by atoms with E-state index in [-0.39, 0.29) is 12.6 Å². The van der Waals surface area contributed by atoms with Crippen LogP contribution in [0.25, 0.3) is 0 Å². The second-order valence-electron chi connectivity index (χ2n) is 5.30. The Morgan fingerprint density at radius 3 is 2.81 bits per heavy atom. The Bertz CT molecular complexity index is 523. The van der Waals surface area contributed by atoms with Gasteiger partial charge in [-0.25, -0.2) is 14.6 Å². The first kappa shape index (κ1) is 15.2. The predicted octanol–water partition coefficient (Wildman–Crippen LogP) is -0.757. The minimum absolute atomic E-state index is 0.192. The maximum absolute atomic E-state index is 11.8. The lowest BCUT2D eigenvalue weighted by Crippen LogP contribution is -2.65. The number of rotatable bonds is 6. The van der Waals surface area contributed by atoms with E-state index in [1.54, 1.807) is 29.9 Å². The van der Waals surface area contributed by atoms with Crippen molar-refractivity contribution in [1.82, 2.24) is 25.0 Å². The highest BCUT2D eigenvalue weighted by Crippen LogP contribution is 2.24. The quantitative estimate of drug-likeness (QED) is 0.714. The molecule has 116 valence electrons. The zero-order valence-corrected chi connectivity index (χ0v) is 12.1. The first-order valence-electron chi connectivity index (χ1n) is 6.61. The van der Waals surface area contributed by atoms with Crippen LogP contribution in [0.5, 0.6) is 0 Å². The fraction of sp³-hybridized carbons (Fsp3) is 0.667. The normalized spacial score (nSPS) is 16.4. The topological polar surface area (TPSA) is 110 Å². The summed E-state index contributed by atoms with van der Waals surface area (Å²) in [4.78, 5) is 27.9. The average molecular weight is 297 g/mol. The van der Waals surface area contributed by atoms with Gasteiger partial charge in [0.2, 0.25) is 0 Å². The molecule has 0 spiro atoms. The molecule has 0 bridgehead atoms. The number of carboxylic acid groups (broad SMARTS) is 1. The zero-order valence-electron chi connectivity index (χ0n) is 12.1. The van der Waals surface area contributed by atoms with Crippen molar-refractivity contribution in [3.05, 3.63) is 12.2 Å². The molecule has 9 nitrogen and oxygen atoms in total. The Labute approximate surface area is 121 Å². The van der Waals surface area contributed by atoms with Gasteiger partial charge < -0.3 is 20.1 Å². The van der Waals surface area contributed by atoms with E-state index in [0.29, 0.717) is 31.9 Å². The monoisotopic (exact) mass is 297 g/mol. The minimum Gasteiger partial charge on any atom is -0.480 e. The van der Waals surface area contributed by atoms with E-state index in [0.717, 1.165) is 0 Å². The molecule has 2 rings (SSSR count). The average Bonchev–Trinajstić information content (AvgIpc) is 2.78. The van der Waals surface area contributed by atoms with E-state index in [2.05, 4.69) is 15.4 Å². The summed E-state index contributed by atoms with van der Waals surface area (Å²) in [6, 6.07) is -0.192. The number of aryl methyl sites for hydroxylation is 1. The third kappa shape index (κ3) is 4.15. The summed E-state index contributed by atoms with van der Waals surface area (Å²) in [6.07, 6.45) is 2.17. The van der Waals surface area contributed by atoms with Crippen LogP contribution in [0.4, 0.5) is 4.79 Å². The van der Waals surface area contributed by atoms with Gasteiger partial charge in [0, 0.05) is 20.0 Å². The summed E-state index contributed by atoms with van der Waals surface area (Å²) in [7, 11) is 1.78. The van der Waals surface area contributed by atoms with Crippen molar-refractivity contribution < 1.29 is 19.4 Å². The van der Waals surface area contributed by atoms with Crippen LogP contribution in [0.1, 0.15) is 12.7 Å². The van der Waals surface area contributed by atoms with Crippen LogP contribution in [0.15, 0.2) is 6.33 Å². The number of aliphatic carboxylic acids is 1. The highest BCUT2D eigenvalue weighted by molar-refractivity contribution is 5.75. The van der Waals surface area contributed by atoms with Crippen molar-refractivity contribution in [3.63, 3.8) is 0 Å². The number of likely N-dealkylation sites (tertiary alicyclic amines) is 1. The number of nitrogens with one attached hydrogen (secondary N) is 1. The van der Waals surface area contributed by atoms with E-state index in [1.807, 2.05) is 0 Å². The molecular weight excluding hydrogens is 278 g/mol. The van der Waals surface area contributed by atoms with Gasteiger partial charge in [-0.15, -0.1) is 0 Å². The van der Waals surface area contributed by atoms with Crippen LogP contribution in [0, 0.1) is 0 Å². The number of hydrogen-bond donors (Lipinski definition) is 2. The summed E-state index contributed by atoms with van der Waals surface area (Å²) in [5.74, 6) is -0.335. The lowest BCUT2D eigenvalue weighted by Gasteiger charge is -2.46. The minimum atomic E-state index is -1.01. The second-order valence-corrected chi connectivity index (χ2v) is 5.30. The third-order valence-electron chi connectivity index (χ3n) is 3.15. The molecule has 0 radical (unpaired) electrons. The fourth-order valence-corrected chi connectivity index (χ4v) is 2.12. The summed E-state index contributed by atoms with van der Waals surface area (Å²) in [5.41, 5.74) is -0.571. The summed E-state index contributed by atoms with van der Waals surface area (Å²) < 4.78 is 6.85. The van der Waals surface area contributed by atoms with Crippen LogP contribution in [0.3, 0.4) is 0 Å². The number of carboxylic acids is 1. The summed E-state index contributed by atoms with van der Waals surface area (Å²) in [6.45, 7) is 2.66. The van der Waals surface area contributed by atoms with Crippen LogP contribution in [0.2, 0.25) is 0 Å². The number of nitrogens with zero attached hydrogens (tertiary/aromatic N) is 4. The highest BCUT2D eigenvalue weighted by Gasteiger charge is 2.42. The molecule has 0 aliphatic carbocycles. The number of urea groups is 1. The van der Waals surface area contributed by atoms with Gasteiger partial charge in [-0.05, 0) is 6.92 Å². The molecule has 1 aliphatic heterocycles. The smallest absolute Gasteiger partial charge is 0.329 e. The molecule has 9 heteroatoms. The SMILES string of the molecule is Cn1cnc(CCNC(=O)N2CC(C)(OCC(=O)O)C2)n1. The molecule has 2 heterocycles. The molecule has 2 N–H and O–H groups in total. The Morgan fingerprint density at radius 2 is 2.24 bits per heavy atom. The first-order chi connectivity index (χ1) is 9.88. The van der Waals surface area contributed by atoms with E-state index in [1.165, 1.54) is 0 Å². The van der Waals surface area contributed by atoms with Crippen molar-refractivity contribution in [2.24, 2.45) is 7.05 Å². The molecule has 21 heavy (non-hydrogen) atoms. The van der Waals surface area contributed by atoms with Gasteiger partial charge >= 0.3 is 12.0 Å². The summed E-state index contributed by atoms with van der Waals surface area (Å²) >= 11 is 0. The van der Waals surface area contributed by atoms with Crippen LogP contribution in [-0.4, -0.2) is 68.6 Å². The van der Waals surface area contributed by atoms with Gasteiger partial charge in [0.05, 0.1) is 13.1 Å². The van der Waals surface area contributed by atoms with Crippen LogP contribution >= 0.6 is 0 Å². The first-order valence-corrected chi connectivity index (χ1v) is 6.61. The number of aromatic nitrogens is 3. The predicted molar refractivity (Wildman–Crippen MR) is 71.7 cm³/mol. The fourth-order valence-electron chi connectivity index (χ4n) is 2.12. The Hall–Kier alpha value is -2.16. The van der Waals surface area contributed by atoms with Gasteiger partial charge in [0.1, 0.15) is 18.5 Å². The standard InChI is InChI=1S/C12H19N5O4/c1-12(21-5-10(18)19)6-17(7-12)11(20)13-4-3-9-14-8-16(2)15-9/h8H,3-7H2,1-2H3,(H,13,20)(H,18,19). The van der Waals surface area contributed by atoms with E-state index in [4.69, 9.17) is 9.84 Å². The molecule has 1 fully saturated rings. The maximum atomic E-state index is 11.8. The molecule has 1 aromatic heterocycles. The summed E-state index contributed by atoms with van der Waals surface area (Å²) in [5, 5.41) is 15.5. The second kappa shape index (κ2) is 6.08. The molecule has 1 aliphatic rings. The van der Waals surface area contributed by atoms with Gasteiger partial charge in [-0.2, -0.15) is 5.10 Å². The van der Waals surface area contributed by atoms with Crippen molar-refractivity contribution in [2.75, 3.05) is 26.2 Å². The number of ether oxygens (including phenoxy) is 1. The van der Waals surface area contributed by atoms with Crippen molar-refractivity contribution in [3.8, 4) is 0 Å². The van der Waals surface area contributed by atoms with Gasteiger partial charge in [0.15, 0.2) is 5.82 Å². The molecule has 0 saturated carbocycles.